The number of nitrogens with zero attached hydrogens (tertiary/aromatic N) is 4. The van der Waals surface area contributed by atoms with Gasteiger partial charge >= 0.3 is 0 Å². The molecule has 0 N–H and O–H groups in total. The number of benzene rings is 2. The lowest BCUT2D eigenvalue weighted by atomic mass is 10.1. The Bertz CT molecular complexity index is 1140. The molecule has 0 aliphatic carbocycles. The molecule has 6 heteroatoms. The van der Waals surface area contributed by atoms with Gasteiger partial charge in [0.25, 0.3) is 11.5 Å². The first-order chi connectivity index (χ1) is 15.5. The number of hydrogen-bond donors (Lipinski definition) is 0. The molecular formula is C26H28N4O2. The van der Waals surface area contributed by atoms with E-state index < -0.39 is 0 Å². The van der Waals surface area contributed by atoms with Gasteiger partial charge in [0.1, 0.15) is 5.70 Å². The molecule has 4 rings (SSSR count). The van der Waals surface area contributed by atoms with Crippen molar-refractivity contribution in [3.63, 3.8) is 0 Å². The minimum Gasteiger partial charge on any atom is -0.378 e. The van der Waals surface area contributed by atoms with Crippen LogP contribution < -0.4 is 15.4 Å². The standard InChI is InChI=1S/C26H28N4O2/c1-27(2)22-13-11-21(12-14-22)20-24(30-15-7-6-10-25(30)31)26(32)29-18-16-28(17-19-29)23-8-4-3-5-9-23/h3-15,20H,16-19H2,1-2H3/b24-20+. The fourth-order valence-corrected chi connectivity index (χ4v) is 3.86. The van der Waals surface area contributed by atoms with Crippen molar-refractivity contribution in [2.45, 2.75) is 0 Å². The Labute approximate surface area is 188 Å². The van der Waals surface area contributed by atoms with Gasteiger partial charge in [-0.25, -0.2) is 0 Å². The van der Waals surface area contributed by atoms with Gasteiger partial charge in [-0.3, -0.25) is 14.2 Å². The van der Waals surface area contributed by atoms with Gasteiger partial charge in [0.2, 0.25) is 0 Å². The highest BCUT2D eigenvalue weighted by atomic mass is 16.2. The summed E-state index contributed by atoms with van der Waals surface area (Å²) in [6, 6.07) is 23.1. The monoisotopic (exact) mass is 428 g/mol. The molecule has 0 atom stereocenters. The second-order valence-electron chi connectivity index (χ2n) is 8.04. The van der Waals surface area contributed by atoms with E-state index in [1.165, 1.54) is 10.6 Å². The Morgan fingerprint density at radius 2 is 1.50 bits per heavy atom. The number of hydrogen-bond acceptors (Lipinski definition) is 4. The summed E-state index contributed by atoms with van der Waals surface area (Å²) in [5.41, 5.74) is 3.25. The molecule has 6 nitrogen and oxygen atoms in total. The summed E-state index contributed by atoms with van der Waals surface area (Å²) in [6.07, 6.45) is 3.45. The molecule has 2 heterocycles. The molecule has 0 bridgehead atoms. The topological polar surface area (TPSA) is 48.8 Å². The van der Waals surface area contributed by atoms with Gasteiger partial charge in [-0.2, -0.15) is 0 Å². The third-order valence-electron chi connectivity index (χ3n) is 5.70. The average molecular weight is 429 g/mol. The van der Waals surface area contributed by atoms with Crippen LogP contribution in [-0.2, 0) is 4.79 Å². The van der Waals surface area contributed by atoms with Crippen molar-refractivity contribution in [2.75, 3.05) is 50.1 Å². The molecule has 1 aliphatic heterocycles. The number of piperazine rings is 1. The van der Waals surface area contributed by atoms with Gasteiger partial charge in [0.15, 0.2) is 0 Å². The van der Waals surface area contributed by atoms with Crippen LogP contribution in [0.2, 0.25) is 0 Å². The van der Waals surface area contributed by atoms with Crippen LogP contribution in [0.3, 0.4) is 0 Å². The summed E-state index contributed by atoms with van der Waals surface area (Å²) in [5, 5.41) is 0. The van der Waals surface area contributed by atoms with Crippen LogP contribution in [0.15, 0.2) is 83.8 Å². The number of rotatable bonds is 5. The summed E-state index contributed by atoms with van der Waals surface area (Å²) in [5.74, 6) is -0.136. The lowest BCUT2D eigenvalue weighted by Gasteiger charge is -2.36. The highest BCUT2D eigenvalue weighted by Gasteiger charge is 2.25. The average Bonchev–Trinajstić information content (AvgIpc) is 2.83. The molecule has 0 radical (unpaired) electrons. The maximum Gasteiger partial charge on any atom is 0.271 e. The molecule has 0 unspecified atom stereocenters. The quantitative estimate of drug-likeness (QED) is 0.586. The van der Waals surface area contributed by atoms with Crippen LogP contribution in [0.5, 0.6) is 0 Å². The Hall–Kier alpha value is -3.80. The molecule has 1 amide bonds. The largest absolute Gasteiger partial charge is 0.378 e. The number of amides is 1. The number of para-hydroxylation sites is 1. The highest BCUT2D eigenvalue weighted by molar-refractivity contribution is 6.18. The molecule has 0 spiro atoms. The van der Waals surface area contributed by atoms with Crippen molar-refractivity contribution >= 4 is 29.1 Å². The first-order valence-electron chi connectivity index (χ1n) is 10.8. The van der Waals surface area contributed by atoms with E-state index in [9.17, 15) is 9.59 Å². The van der Waals surface area contributed by atoms with E-state index in [4.69, 9.17) is 0 Å². The fourth-order valence-electron chi connectivity index (χ4n) is 3.86. The first-order valence-corrected chi connectivity index (χ1v) is 10.8. The van der Waals surface area contributed by atoms with Gasteiger partial charge in [0.05, 0.1) is 0 Å². The molecule has 1 saturated heterocycles. The van der Waals surface area contributed by atoms with E-state index in [0.717, 1.165) is 30.0 Å². The van der Waals surface area contributed by atoms with E-state index in [1.54, 1.807) is 24.4 Å². The maximum absolute atomic E-state index is 13.5. The van der Waals surface area contributed by atoms with Gasteiger partial charge in [0, 0.05) is 63.9 Å². The molecule has 0 saturated carbocycles. The van der Waals surface area contributed by atoms with Crippen molar-refractivity contribution < 1.29 is 4.79 Å². The Balaban J connectivity index is 1.60. The third kappa shape index (κ3) is 4.75. The number of anilines is 2. The summed E-state index contributed by atoms with van der Waals surface area (Å²) in [7, 11) is 3.97. The van der Waals surface area contributed by atoms with Crippen molar-refractivity contribution in [1.82, 2.24) is 9.47 Å². The fraction of sp³-hybridized carbons (Fsp3) is 0.231. The van der Waals surface area contributed by atoms with Crippen LogP contribution in [-0.4, -0.2) is 55.6 Å². The molecule has 164 valence electrons. The van der Waals surface area contributed by atoms with Crippen LogP contribution in [0.25, 0.3) is 11.8 Å². The molecule has 1 aromatic heterocycles. The van der Waals surface area contributed by atoms with E-state index in [-0.39, 0.29) is 11.5 Å². The number of carbonyl (C=O) groups is 1. The summed E-state index contributed by atoms with van der Waals surface area (Å²) >= 11 is 0. The van der Waals surface area contributed by atoms with E-state index >= 15 is 0 Å². The zero-order valence-electron chi connectivity index (χ0n) is 18.5. The van der Waals surface area contributed by atoms with Crippen molar-refractivity contribution in [2.24, 2.45) is 0 Å². The van der Waals surface area contributed by atoms with Gasteiger partial charge in [-0.15, -0.1) is 0 Å². The second kappa shape index (κ2) is 9.56. The lowest BCUT2D eigenvalue weighted by molar-refractivity contribution is -0.125. The van der Waals surface area contributed by atoms with Crippen LogP contribution >= 0.6 is 0 Å². The maximum atomic E-state index is 13.5. The van der Waals surface area contributed by atoms with Crippen LogP contribution in [0.1, 0.15) is 5.56 Å². The molecule has 3 aromatic rings. The third-order valence-corrected chi connectivity index (χ3v) is 5.70. The Kier molecular flexibility index (Phi) is 6.40. The van der Waals surface area contributed by atoms with Crippen molar-refractivity contribution in [3.05, 3.63) is 94.9 Å². The van der Waals surface area contributed by atoms with Gasteiger partial charge in [-0.1, -0.05) is 36.4 Å². The summed E-state index contributed by atoms with van der Waals surface area (Å²) in [4.78, 5) is 32.2. The number of pyridine rings is 1. The molecule has 1 aliphatic rings. The minimum absolute atomic E-state index is 0.136. The number of aromatic nitrogens is 1. The second-order valence-corrected chi connectivity index (χ2v) is 8.04. The minimum atomic E-state index is -0.222. The van der Waals surface area contributed by atoms with E-state index in [1.807, 2.05) is 66.4 Å². The van der Waals surface area contributed by atoms with Crippen molar-refractivity contribution in [3.8, 4) is 0 Å². The summed E-state index contributed by atoms with van der Waals surface area (Å²) < 4.78 is 1.44. The molecule has 2 aromatic carbocycles. The zero-order valence-corrected chi connectivity index (χ0v) is 18.5. The van der Waals surface area contributed by atoms with Crippen LogP contribution in [0.4, 0.5) is 11.4 Å². The van der Waals surface area contributed by atoms with E-state index in [2.05, 4.69) is 17.0 Å². The Morgan fingerprint density at radius 3 is 2.12 bits per heavy atom. The SMILES string of the molecule is CN(C)c1ccc(/C=C(\C(=O)N2CCN(c3ccccc3)CC2)n2ccccc2=O)cc1. The Morgan fingerprint density at radius 1 is 0.844 bits per heavy atom. The van der Waals surface area contributed by atoms with Gasteiger partial charge < -0.3 is 14.7 Å². The molecule has 32 heavy (non-hydrogen) atoms. The predicted octanol–water partition coefficient (Wildman–Crippen LogP) is 3.26. The normalized spacial score (nSPS) is 14.4. The zero-order chi connectivity index (χ0) is 22.5. The summed E-state index contributed by atoms with van der Waals surface area (Å²) in [6.45, 7) is 2.72. The lowest BCUT2D eigenvalue weighted by Crippen LogP contribution is -2.49. The van der Waals surface area contributed by atoms with Gasteiger partial charge in [-0.05, 0) is 42.0 Å². The molecule has 1 fully saturated rings. The highest BCUT2D eigenvalue weighted by Crippen LogP contribution is 2.20. The smallest absolute Gasteiger partial charge is 0.271 e. The number of carbonyl (C=O) groups excluding carboxylic acids is 1. The van der Waals surface area contributed by atoms with Crippen molar-refractivity contribution in [1.29, 1.82) is 0 Å². The van der Waals surface area contributed by atoms with Crippen LogP contribution in [0, 0.1) is 0 Å². The molecular weight excluding hydrogens is 400 g/mol. The predicted molar refractivity (Wildman–Crippen MR) is 131 cm³/mol. The van der Waals surface area contributed by atoms with E-state index in [0.29, 0.717) is 18.8 Å². The first kappa shape index (κ1) is 21.4.